The highest BCUT2D eigenvalue weighted by Crippen LogP contribution is 2.45. The number of nitrogens with zero attached hydrogens (tertiary/aromatic N) is 5. The monoisotopic (exact) mass is 649 g/mol. The molecule has 0 saturated carbocycles. The van der Waals surface area contributed by atoms with Crippen molar-refractivity contribution in [2.45, 2.75) is 101 Å². The number of rotatable bonds is 8. The van der Waals surface area contributed by atoms with E-state index < -0.39 is 78.5 Å². The summed E-state index contributed by atoms with van der Waals surface area (Å²) in [6, 6.07) is 1.15. The largest absolute Gasteiger partial charge is 0.394 e. The van der Waals surface area contributed by atoms with E-state index in [4.69, 9.17) is 39.1 Å². The van der Waals surface area contributed by atoms with Gasteiger partial charge in [0, 0.05) is 11.8 Å². The number of aliphatic hydroxyl groups is 2. The fraction of sp³-hybridized carbons (Fsp3) is 0.667. The Hall–Kier alpha value is -2.94. The Bertz CT molecular complexity index is 1730. The minimum Gasteiger partial charge on any atom is -0.394 e. The molecule has 5 N–H and O–H groups in total. The third-order valence-electron chi connectivity index (χ3n) is 8.19. The number of fused-ring (bicyclic) bond motifs is 3. The van der Waals surface area contributed by atoms with Crippen molar-refractivity contribution in [2.75, 3.05) is 18.1 Å². The molecule has 0 spiro atoms. The van der Waals surface area contributed by atoms with Crippen LogP contribution in [0.5, 0.6) is 0 Å². The maximum absolute atomic E-state index is 12.8. The van der Waals surface area contributed by atoms with Crippen molar-refractivity contribution in [3.05, 3.63) is 44.8 Å². The Balaban J connectivity index is 1.10. The van der Waals surface area contributed by atoms with Gasteiger partial charge in [0.1, 0.15) is 41.9 Å². The highest BCUT2D eigenvalue weighted by Gasteiger charge is 2.57. The number of nitrogen functional groups attached to an aromatic ring is 1. The van der Waals surface area contributed by atoms with Crippen molar-refractivity contribution < 1.29 is 38.6 Å². The lowest BCUT2D eigenvalue weighted by Crippen LogP contribution is -2.39. The normalized spacial score (nSPS) is 33.2. The van der Waals surface area contributed by atoms with Crippen molar-refractivity contribution in [3.8, 4) is 0 Å². The number of aromatic amines is 1. The number of nitrogens with one attached hydrogen (secondary N) is 1. The van der Waals surface area contributed by atoms with Crippen LogP contribution in [0.3, 0.4) is 0 Å². The van der Waals surface area contributed by atoms with Gasteiger partial charge in [-0.05, 0) is 27.7 Å². The number of anilines is 1. The van der Waals surface area contributed by atoms with E-state index in [2.05, 4.69) is 15.0 Å². The van der Waals surface area contributed by atoms with Crippen LogP contribution in [-0.4, -0.2) is 99.8 Å². The molecule has 0 radical (unpaired) electrons. The van der Waals surface area contributed by atoms with Crippen molar-refractivity contribution in [1.29, 1.82) is 0 Å². The number of aliphatic hydroxyl groups excluding tert-OH is 2. The predicted molar refractivity (Wildman–Crippen MR) is 156 cm³/mol. The number of H-pyrrole nitrogens is 1. The zero-order chi connectivity index (χ0) is 31.8. The summed E-state index contributed by atoms with van der Waals surface area (Å²) in [6.07, 6.45) is -3.27. The first-order chi connectivity index (χ1) is 21.4. The van der Waals surface area contributed by atoms with Gasteiger partial charge >= 0.3 is 5.69 Å². The molecule has 0 amide bonds. The molecule has 7 heterocycles. The SMILES string of the molecule is CC1(C)O[C@@H]2[C@H](O1)[C@@H](CSCc1nc(N)c3ncn([C@@H]4O[C@H](CO)[C@H]5OC(C)(C)O[C@H]54)c3n1)O[C@H]2n1c(CO)cc(=O)[nH]c1=O. The van der Waals surface area contributed by atoms with Crippen LogP contribution in [-0.2, 0) is 40.8 Å². The Morgan fingerprint density at radius 1 is 0.956 bits per heavy atom. The molecule has 45 heavy (non-hydrogen) atoms. The lowest BCUT2D eigenvalue weighted by atomic mass is 10.1. The van der Waals surface area contributed by atoms with Gasteiger partial charge in [-0.2, -0.15) is 11.8 Å². The van der Waals surface area contributed by atoms with E-state index in [9.17, 15) is 19.8 Å². The average molecular weight is 650 g/mol. The maximum Gasteiger partial charge on any atom is 0.330 e. The third-order valence-corrected chi connectivity index (χ3v) is 9.21. The maximum atomic E-state index is 12.8. The molecule has 18 heteroatoms. The van der Waals surface area contributed by atoms with E-state index >= 15 is 0 Å². The molecule has 17 nitrogen and oxygen atoms in total. The van der Waals surface area contributed by atoms with Gasteiger partial charge in [0.25, 0.3) is 5.56 Å². The van der Waals surface area contributed by atoms with E-state index in [1.54, 1.807) is 24.7 Å². The van der Waals surface area contributed by atoms with Gasteiger partial charge in [-0.1, -0.05) is 0 Å². The molecule has 3 aromatic heterocycles. The van der Waals surface area contributed by atoms with Crippen LogP contribution >= 0.6 is 11.8 Å². The van der Waals surface area contributed by atoms with Crippen molar-refractivity contribution in [1.82, 2.24) is 29.1 Å². The Morgan fingerprint density at radius 2 is 1.60 bits per heavy atom. The topological polar surface area (TPSA) is 220 Å². The molecule has 7 rings (SSSR count). The molecular weight excluding hydrogens is 614 g/mol. The van der Waals surface area contributed by atoms with E-state index in [0.717, 1.165) is 6.07 Å². The molecule has 4 aliphatic heterocycles. The van der Waals surface area contributed by atoms with Gasteiger partial charge < -0.3 is 44.4 Å². The lowest BCUT2D eigenvalue weighted by Gasteiger charge is -2.25. The second kappa shape index (κ2) is 11.1. The predicted octanol–water partition coefficient (Wildman–Crippen LogP) is -0.488. The van der Waals surface area contributed by atoms with E-state index in [1.807, 2.05) is 13.8 Å². The minimum absolute atomic E-state index is 0.101. The Kier molecular flexibility index (Phi) is 7.57. The van der Waals surface area contributed by atoms with Crippen LogP contribution < -0.4 is 17.0 Å². The molecule has 0 aromatic carbocycles. The van der Waals surface area contributed by atoms with Crippen LogP contribution in [0, 0.1) is 0 Å². The fourth-order valence-electron chi connectivity index (χ4n) is 6.49. The molecule has 3 aromatic rings. The number of hydrogen-bond acceptors (Lipinski definition) is 15. The quantitative estimate of drug-likeness (QED) is 0.242. The van der Waals surface area contributed by atoms with Gasteiger partial charge in [-0.25, -0.2) is 19.7 Å². The lowest BCUT2D eigenvalue weighted by molar-refractivity contribution is -0.199. The Morgan fingerprint density at radius 3 is 2.29 bits per heavy atom. The highest BCUT2D eigenvalue weighted by molar-refractivity contribution is 7.98. The highest BCUT2D eigenvalue weighted by atomic mass is 32.2. The summed E-state index contributed by atoms with van der Waals surface area (Å²) >= 11 is 1.47. The van der Waals surface area contributed by atoms with Gasteiger partial charge in [0.05, 0.1) is 37.1 Å². The summed E-state index contributed by atoms with van der Waals surface area (Å²) in [5.74, 6) is -0.373. The Labute approximate surface area is 259 Å². The summed E-state index contributed by atoms with van der Waals surface area (Å²) < 4.78 is 39.7. The van der Waals surface area contributed by atoms with Crippen molar-refractivity contribution in [2.24, 2.45) is 0 Å². The molecule has 8 atom stereocenters. The summed E-state index contributed by atoms with van der Waals surface area (Å²) in [7, 11) is 0. The van der Waals surface area contributed by atoms with Gasteiger partial charge in [-0.15, -0.1) is 0 Å². The van der Waals surface area contributed by atoms with E-state index in [-0.39, 0.29) is 18.1 Å². The van der Waals surface area contributed by atoms with E-state index in [1.165, 1.54) is 16.3 Å². The summed E-state index contributed by atoms with van der Waals surface area (Å²) in [5, 5.41) is 19.8. The van der Waals surface area contributed by atoms with Crippen LogP contribution in [0.4, 0.5) is 5.82 Å². The summed E-state index contributed by atoms with van der Waals surface area (Å²) in [5.41, 5.74) is 5.91. The molecule has 4 fully saturated rings. The minimum atomic E-state index is -0.938. The average Bonchev–Trinajstić information content (AvgIpc) is 3.74. The van der Waals surface area contributed by atoms with Gasteiger partial charge in [0.2, 0.25) is 0 Å². The van der Waals surface area contributed by atoms with E-state index in [0.29, 0.717) is 28.5 Å². The van der Waals surface area contributed by atoms with Gasteiger partial charge in [0.15, 0.2) is 35.5 Å². The molecule has 0 bridgehead atoms. The van der Waals surface area contributed by atoms with Crippen LogP contribution in [0.15, 0.2) is 22.0 Å². The van der Waals surface area contributed by atoms with Crippen molar-refractivity contribution in [3.63, 3.8) is 0 Å². The standard InChI is InChI=1S/C27H35N7O10S/c1-26(2)41-17-12(7-36)39-23(19(17)43-26)33-10-29-16-21(28)30-14(31-22(16)33)9-45-8-13-18-20(44-27(3,4)42-18)24(40-13)34-11(6-35)5-15(37)32-25(34)38/h5,10,12-13,17-20,23-24,35-36H,6-9H2,1-4H3,(H2,28,30,31)(H,32,37,38)/t12-,13-,17-,18-,19-,20-,23-,24-/m1/s1. The number of hydrogen-bond donors (Lipinski definition) is 4. The third kappa shape index (κ3) is 5.36. The number of thioether (sulfide) groups is 1. The van der Waals surface area contributed by atoms with Crippen LogP contribution in [0.2, 0.25) is 0 Å². The van der Waals surface area contributed by atoms with Crippen molar-refractivity contribution >= 4 is 28.7 Å². The fourth-order valence-corrected chi connectivity index (χ4v) is 7.42. The summed E-state index contributed by atoms with van der Waals surface area (Å²) in [6.45, 7) is 6.39. The molecule has 244 valence electrons. The smallest absolute Gasteiger partial charge is 0.330 e. The number of nitrogens with two attached hydrogens (primary N) is 1. The van der Waals surface area contributed by atoms with Crippen LogP contribution in [0.1, 0.15) is 51.7 Å². The first-order valence-corrected chi connectivity index (χ1v) is 15.7. The second-order valence-corrected chi connectivity index (χ2v) is 13.3. The zero-order valence-electron chi connectivity index (χ0n) is 25.0. The number of imidazole rings is 1. The summed E-state index contributed by atoms with van der Waals surface area (Å²) in [4.78, 5) is 40.5. The number of ether oxygens (including phenoxy) is 6. The zero-order valence-corrected chi connectivity index (χ0v) is 25.8. The second-order valence-electron chi connectivity index (χ2n) is 12.3. The molecule has 0 aliphatic carbocycles. The van der Waals surface area contributed by atoms with Gasteiger partial charge in [-0.3, -0.25) is 18.9 Å². The first kappa shape index (κ1) is 30.7. The van der Waals surface area contributed by atoms with Crippen LogP contribution in [0.25, 0.3) is 11.2 Å². The first-order valence-electron chi connectivity index (χ1n) is 14.5. The molecule has 4 aliphatic rings. The molecule has 4 saturated heterocycles. The number of aromatic nitrogens is 6. The molecule has 0 unspecified atom stereocenters. The molecular formula is C27H35N7O10S.